The predicted molar refractivity (Wildman–Crippen MR) is 100 cm³/mol. The lowest BCUT2D eigenvalue weighted by Gasteiger charge is -2.25. The van der Waals surface area contributed by atoms with E-state index in [0.717, 1.165) is 28.0 Å². The van der Waals surface area contributed by atoms with Gasteiger partial charge in [0, 0.05) is 23.6 Å². The Morgan fingerprint density at radius 1 is 1.21 bits per heavy atom. The van der Waals surface area contributed by atoms with Crippen molar-refractivity contribution in [3.8, 4) is 11.5 Å². The van der Waals surface area contributed by atoms with Gasteiger partial charge in [-0.05, 0) is 31.2 Å². The van der Waals surface area contributed by atoms with E-state index in [9.17, 15) is 4.79 Å². The van der Waals surface area contributed by atoms with Gasteiger partial charge in [-0.25, -0.2) is 0 Å². The Kier molecular flexibility index (Phi) is 7.27. The summed E-state index contributed by atoms with van der Waals surface area (Å²) in [6, 6.07) is 2.00. The first-order chi connectivity index (χ1) is 11.2. The highest BCUT2D eigenvalue weighted by molar-refractivity contribution is 5.72. The maximum Gasteiger partial charge on any atom is 0.308 e. The maximum absolute atomic E-state index is 11.7. The van der Waals surface area contributed by atoms with E-state index in [1.807, 2.05) is 13.0 Å². The molecule has 3 nitrogen and oxygen atoms in total. The molecule has 0 aliphatic carbocycles. The number of rotatable bonds is 8. The van der Waals surface area contributed by atoms with E-state index < -0.39 is 0 Å². The van der Waals surface area contributed by atoms with Gasteiger partial charge in [-0.15, -0.1) is 0 Å². The molecule has 3 heteroatoms. The van der Waals surface area contributed by atoms with Gasteiger partial charge >= 0.3 is 5.97 Å². The molecule has 0 saturated carbocycles. The van der Waals surface area contributed by atoms with Crippen LogP contribution in [0.2, 0.25) is 0 Å². The summed E-state index contributed by atoms with van der Waals surface area (Å²) in [4.78, 5) is 11.7. The van der Waals surface area contributed by atoms with Crippen molar-refractivity contribution in [3.63, 3.8) is 0 Å². The molecule has 0 radical (unpaired) electrons. The van der Waals surface area contributed by atoms with E-state index >= 15 is 0 Å². The summed E-state index contributed by atoms with van der Waals surface area (Å²) in [5.41, 5.74) is 4.09. The second-order valence-electron chi connectivity index (χ2n) is 6.82. The lowest BCUT2D eigenvalue weighted by atomic mass is 9.87. The molecule has 0 atom stereocenters. The van der Waals surface area contributed by atoms with Crippen LogP contribution >= 0.6 is 0 Å². The van der Waals surface area contributed by atoms with Crippen LogP contribution in [0.15, 0.2) is 30.9 Å². The Hall–Kier alpha value is -2.03. The first-order valence-corrected chi connectivity index (χ1v) is 8.45. The van der Waals surface area contributed by atoms with E-state index in [2.05, 4.69) is 40.9 Å². The second kappa shape index (κ2) is 8.72. The predicted octanol–water partition coefficient (Wildman–Crippen LogP) is 5.54. The molecule has 0 bridgehead atoms. The second-order valence-corrected chi connectivity index (χ2v) is 6.82. The summed E-state index contributed by atoms with van der Waals surface area (Å²) in [7, 11) is 0. The molecule has 0 aliphatic heterocycles. The third-order valence-electron chi connectivity index (χ3n) is 3.70. The highest BCUT2D eigenvalue weighted by Crippen LogP contribution is 2.43. The number of carbonyl (C=O) groups is 1. The van der Waals surface area contributed by atoms with E-state index in [0.29, 0.717) is 18.8 Å². The van der Waals surface area contributed by atoms with Gasteiger partial charge in [0.25, 0.3) is 0 Å². The van der Waals surface area contributed by atoms with Gasteiger partial charge in [0.05, 0.1) is 0 Å². The number of ether oxygens (including phenoxy) is 2. The summed E-state index contributed by atoms with van der Waals surface area (Å²) in [6.45, 7) is 20.0. The van der Waals surface area contributed by atoms with Crippen molar-refractivity contribution in [1.29, 1.82) is 0 Å². The summed E-state index contributed by atoms with van der Waals surface area (Å²) < 4.78 is 11.6. The lowest BCUT2D eigenvalue weighted by molar-refractivity contribution is -0.132. The Morgan fingerprint density at radius 3 is 2.25 bits per heavy atom. The summed E-state index contributed by atoms with van der Waals surface area (Å²) in [5.74, 6) is 1.59. The van der Waals surface area contributed by atoms with Gasteiger partial charge in [-0.1, -0.05) is 52.5 Å². The number of hydrogen-bond acceptors (Lipinski definition) is 3. The van der Waals surface area contributed by atoms with Crippen molar-refractivity contribution in [2.24, 2.45) is 0 Å². The average Bonchev–Trinajstić information content (AvgIpc) is 2.44. The first kappa shape index (κ1) is 20.0. The fraction of sp³-hybridized carbons (Fsp3) is 0.476. The van der Waals surface area contributed by atoms with Crippen LogP contribution in [-0.4, -0.2) is 12.6 Å². The first-order valence-electron chi connectivity index (χ1n) is 8.45. The molecule has 0 aromatic heterocycles. The molecule has 1 aromatic rings. The van der Waals surface area contributed by atoms with Crippen LogP contribution in [0.3, 0.4) is 0 Å². The van der Waals surface area contributed by atoms with Crippen LogP contribution in [0.5, 0.6) is 11.5 Å². The molecule has 0 unspecified atom stereocenters. The van der Waals surface area contributed by atoms with Crippen LogP contribution in [-0.2, 0) is 11.2 Å². The van der Waals surface area contributed by atoms with Gasteiger partial charge in [0.2, 0.25) is 0 Å². The molecule has 1 aromatic carbocycles. The fourth-order valence-corrected chi connectivity index (χ4v) is 2.78. The van der Waals surface area contributed by atoms with Crippen molar-refractivity contribution < 1.29 is 14.3 Å². The number of hydrogen-bond donors (Lipinski definition) is 0. The Bertz CT molecular complexity index is 624. The third kappa shape index (κ3) is 4.98. The number of benzene rings is 1. The van der Waals surface area contributed by atoms with Crippen molar-refractivity contribution in [3.05, 3.63) is 47.6 Å². The molecule has 132 valence electrons. The highest BCUT2D eigenvalue weighted by atomic mass is 16.5. The minimum Gasteiger partial charge on any atom is -0.489 e. The fourth-order valence-electron chi connectivity index (χ4n) is 2.78. The molecule has 0 aliphatic rings. The van der Waals surface area contributed by atoms with E-state index in [1.165, 1.54) is 6.92 Å². The minimum atomic E-state index is -0.306. The average molecular weight is 330 g/mol. The normalized spacial score (nSPS) is 10.8. The van der Waals surface area contributed by atoms with Crippen molar-refractivity contribution in [1.82, 2.24) is 0 Å². The Morgan fingerprint density at radius 2 is 1.83 bits per heavy atom. The highest BCUT2D eigenvalue weighted by Gasteiger charge is 2.24. The van der Waals surface area contributed by atoms with Crippen LogP contribution in [0, 0.1) is 0 Å². The number of esters is 1. The van der Waals surface area contributed by atoms with Crippen molar-refractivity contribution >= 4 is 5.97 Å². The van der Waals surface area contributed by atoms with Gasteiger partial charge in [0.1, 0.15) is 18.1 Å². The zero-order chi connectivity index (χ0) is 18.4. The van der Waals surface area contributed by atoms with Crippen molar-refractivity contribution in [2.45, 2.75) is 59.8 Å². The van der Waals surface area contributed by atoms with Crippen LogP contribution in [0.25, 0.3) is 0 Å². The van der Waals surface area contributed by atoms with E-state index in [-0.39, 0.29) is 17.8 Å². The lowest BCUT2D eigenvalue weighted by Crippen LogP contribution is -2.13. The van der Waals surface area contributed by atoms with Crippen molar-refractivity contribution in [2.75, 3.05) is 6.61 Å². The largest absolute Gasteiger partial charge is 0.489 e. The molecule has 24 heavy (non-hydrogen) atoms. The molecular formula is C21H30O3. The summed E-state index contributed by atoms with van der Waals surface area (Å²) in [6.07, 6.45) is 2.42. The van der Waals surface area contributed by atoms with Gasteiger partial charge in [0.15, 0.2) is 0 Å². The van der Waals surface area contributed by atoms with Crippen LogP contribution < -0.4 is 9.47 Å². The molecule has 0 N–H and O–H groups in total. The minimum absolute atomic E-state index is 0.193. The van der Waals surface area contributed by atoms with Gasteiger partial charge in [-0.2, -0.15) is 0 Å². The third-order valence-corrected chi connectivity index (χ3v) is 3.70. The van der Waals surface area contributed by atoms with Gasteiger partial charge in [-0.3, -0.25) is 4.79 Å². The van der Waals surface area contributed by atoms with Crippen LogP contribution in [0.4, 0.5) is 0 Å². The molecule has 0 heterocycles. The smallest absolute Gasteiger partial charge is 0.308 e. The molecule has 0 spiro atoms. The number of allylic oxidation sites excluding steroid dienone is 1. The molecule has 0 fully saturated rings. The SMILES string of the molecule is C=CCOc1cc(C(C)C)c(OC(C)=O)c(C(C)C)c1CC(=C)C. The molecule has 0 saturated heterocycles. The van der Waals surface area contributed by atoms with Gasteiger partial charge < -0.3 is 9.47 Å². The quantitative estimate of drug-likeness (QED) is 0.356. The summed E-state index contributed by atoms with van der Waals surface area (Å²) in [5, 5.41) is 0. The Labute approximate surface area is 146 Å². The zero-order valence-electron chi connectivity index (χ0n) is 15.9. The summed E-state index contributed by atoms with van der Waals surface area (Å²) >= 11 is 0. The topological polar surface area (TPSA) is 35.5 Å². The maximum atomic E-state index is 11.7. The van der Waals surface area contributed by atoms with E-state index in [1.54, 1.807) is 6.08 Å². The standard InChI is InChI=1S/C21H30O3/c1-9-10-23-19-12-17(14(4)5)21(24-16(8)22)20(15(6)7)18(19)11-13(2)3/h9,12,14-15H,1-2,10-11H2,3-8H3. The number of carbonyl (C=O) groups excluding carboxylic acids is 1. The zero-order valence-corrected chi connectivity index (χ0v) is 15.9. The van der Waals surface area contributed by atoms with E-state index in [4.69, 9.17) is 9.47 Å². The monoisotopic (exact) mass is 330 g/mol. The molecular weight excluding hydrogens is 300 g/mol. The Balaban J connectivity index is 3.74. The van der Waals surface area contributed by atoms with Crippen LogP contribution in [0.1, 0.15) is 70.1 Å². The molecule has 0 amide bonds. The molecule has 1 rings (SSSR count).